The molecule has 1 aliphatic heterocycles. The van der Waals surface area contributed by atoms with E-state index in [9.17, 15) is 9.90 Å². The zero-order valence-electron chi connectivity index (χ0n) is 8.37. The summed E-state index contributed by atoms with van der Waals surface area (Å²) in [4.78, 5) is 14.0. The normalized spacial score (nSPS) is 29.5. The van der Waals surface area contributed by atoms with Gasteiger partial charge in [-0.2, -0.15) is 0 Å². The SMILES string of the molecule is O=c1[nH]ccc(=S)n1[C@H]1C[C@@H](O)[C@@H](CO)O1. The monoisotopic (exact) mass is 244 g/mol. The van der Waals surface area contributed by atoms with Crippen molar-refractivity contribution in [1.82, 2.24) is 9.55 Å². The average molecular weight is 244 g/mol. The second kappa shape index (κ2) is 4.46. The summed E-state index contributed by atoms with van der Waals surface area (Å²) < 4.78 is 6.94. The Labute approximate surface area is 96.1 Å². The topological polar surface area (TPSA) is 87.5 Å². The third-order valence-corrected chi connectivity index (χ3v) is 2.89. The molecule has 0 unspecified atom stereocenters. The van der Waals surface area contributed by atoms with E-state index in [4.69, 9.17) is 22.1 Å². The number of aromatic nitrogens is 2. The van der Waals surface area contributed by atoms with Crippen molar-refractivity contribution in [2.45, 2.75) is 24.9 Å². The molecule has 1 saturated heterocycles. The smallest absolute Gasteiger partial charge is 0.328 e. The van der Waals surface area contributed by atoms with Gasteiger partial charge in [-0.05, 0) is 6.07 Å². The minimum atomic E-state index is -0.781. The maximum absolute atomic E-state index is 11.5. The van der Waals surface area contributed by atoms with Gasteiger partial charge in [-0.25, -0.2) is 4.79 Å². The van der Waals surface area contributed by atoms with Gasteiger partial charge in [-0.3, -0.25) is 4.57 Å². The number of aliphatic hydroxyl groups excluding tert-OH is 2. The fraction of sp³-hybridized carbons (Fsp3) is 0.556. The summed E-state index contributed by atoms with van der Waals surface area (Å²) in [6.07, 6.45) is -0.365. The standard InChI is InChI=1S/C9H12N2O4S/c12-4-6-5(13)3-7(15-6)11-8(16)1-2-10-9(11)14/h1-2,5-7,12-13H,3-4H2,(H,10,14)/t5-,6-,7-/m1/s1. The molecule has 0 spiro atoms. The molecule has 0 aromatic carbocycles. The van der Waals surface area contributed by atoms with Crippen LogP contribution in [-0.2, 0) is 4.74 Å². The minimum Gasteiger partial charge on any atom is -0.394 e. The highest BCUT2D eigenvalue weighted by molar-refractivity contribution is 7.71. The summed E-state index contributed by atoms with van der Waals surface area (Å²) in [6, 6.07) is 1.57. The molecule has 0 amide bonds. The fourth-order valence-electron chi connectivity index (χ4n) is 1.74. The summed E-state index contributed by atoms with van der Waals surface area (Å²) in [6.45, 7) is -0.282. The van der Waals surface area contributed by atoms with E-state index in [1.807, 2.05) is 0 Å². The van der Waals surface area contributed by atoms with Crippen molar-refractivity contribution >= 4 is 12.2 Å². The Morgan fingerprint density at radius 1 is 1.69 bits per heavy atom. The van der Waals surface area contributed by atoms with Crippen molar-refractivity contribution < 1.29 is 14.9 Å². The highest BCUT2D eigenvalue weighted by Gasteiger charge is 2.35. The molecule has 0 radical (unpaired) electrons. The van der Waals surface area contributed by atoms with Crippen LogP contribution in [-0.4, -0.2) is 38.6 Å². The predicted octanol–water partition coefficient (Wildman–Crippen LogP) is -0.453. The Kier molecular flexibility index (Phi) is 3.20. The van der Waals surface area contributed by atoms with Crippen LogP contribution in [0, 0.1) is 4.64 Å². The molecule has 1 fully saturated rings. The van der Waals surface area contributed by atoms with E-state index < -0.39 is 18.4 Å². The Morgan fingerprint density at radius 3 is 3.00 bits per heavy atom. The van der Waals surface area contributed by atoms with Crippen LogP contribution in [0.2, 0.25) is 0 Å². The molecule has 3 atom stereocenters. The first-order valence-electron chi connectivity index (χ1n) is 4.88. The van der Waals surface area contributed by atoms with Crippen molar-refractivity contribution in [1.29, 1.82) is 0 Å². The highest BCUT2D eigenvalue weighted by atomic mass is 32.1. The molecule has 1 aliphatic rings. The lowest BCUT2D eigenvalue weighted by Crippen LogP contribution is -2.28. The molecule has 2 heterocycles. The number of hydrogen-bond acceptors (Lipinski definition) is 5. The predicted molar refractivity (Wildman–Crippen MR) is 57.5 cm³/mol. The van der Waals surface area contributed by atoms with Gasteiger partial charge in [0.25, 0.3) is 0 Å². The van der Waals surface area contributed by atoms with Gasteiger partial charge in [0.15, 0.2) is 0 Å². The maximum Gasteiger partial charge on any atom is 0.328 e. The van der Waals surface area contributed by atoms with Gasteiger partial charge >= 0.3 is 5.69 Å². The Balaban J connectivity index is 2.34. The summed E-state index contributed by atoms with van der Waals surface area (Å²) in [5.74, 6) is 0. The van der Waals surface area contributed by atoms with Gasteiger partial charge < -0.3 is 19.9 Å². The summed E-state index contributed by atoms with van der Waals surface area (Å²) >= 11 is 5.01. The van der Waals surface area contributed by atoms with E-state index in [-0.39, 0.29) is 18.7 Å². The van der Waals surface area contributed by atoms with Crippen LogP contribution < -0.4 is 5.69 Å². The van der Waals surface area contributed by atoms with Gasteiger partial charge in [0.2, 0.25) is 0 Å². The molecule has 3 N–H and O–H groups in total. The second-order valence-corrected chi connectivity index (χ2v) is 4.02. The largest absolute Gasteiger partial charge is 0.394 e. The lowest BCUT2D eigenvalue weighted by molar-refractivity contribution is -0.0463. The Hall–Kier alpha value is -1.02. The molecule has 88 valence electrons. The number of H-pyrrole nitrogens is 1. The molecule has 6 nitrogen and oxygen atoms in total. The van der Waals surface area contributed by atoms with Crippen molar-refractivity contribution in [2.75, 3.05) is 6.61 Å². The number of rotatable bonds is 2. The maximum atomic E-state index is 11.5. The summed E-state index contributed by atoms with van der Waals surface area (Å²) in [5.41, 5.74) is -0.386. The van der Waals surface area contributed by atoms with E-state index in [1.165, 1.54) is 10.8 Å². The second-order valence-electron chi connectivity index (χ2n) is 3.61. The van der Waals surface area contributed by atoms with Crippen LogP contribution >= 0.6 is 12.2 Å². The van der Waals surface area contributed by atoms with Crippen LogP contribution in [0.5, 0.6) is 0 Å². The zero-order chi connectivity index (χ0) is 11.7. The van der Waals surface area contributed by atoms with E-state index in [2.05, 4.69) is 4.98 Å². The van der Waals surface area contributed by atoms with E-state index in [0.29, 0.717) is 4.64 Å². The van der Waals surface area contributed by atoms with Crippen molar-refractivity contribution in [2.24, 2.45) is 0 Å². The first-order chi connectivity index (χ1) is 7.63. The molecule has 0 saturated carbocycles. The molecule has 0 aliphatic carbocycles. The van der Waals surface area contributed by atoms with Gasteiger partial charge in [-0.1, -0.05) is 12.2 Å². The molecule has 16 heavy (non-hydrogen) atoms. The van der Waals surface area contributed by atoms with Crippen LogP contribution in [0.15, 0.2) is 17.1 Å². The van der Waals surface area contributed by atoms with Gasteiger partial charge in [0, 0.05) is 12.6 Å². The summed E-state index contributed by atoms with van der Waals surface area (Å²) in [7, 11) is 0. The highest BCUT2D eigenvalue weighted by Crippen LogP contribution is 2.27. The molecule has 1 aromatic heterocycles. The zero-order valence-corrected chi connectivity index (χ0v) is 9.18. The van der Waals surface area contributed by atoms with Crippen LogP contribution in [0.25, 0.3) is 0 Å². The molecule has 2 rings (SSSR count). The fourth-order valence-corrected chi connectivity index (χ4v) is 2.01. The minimum absolute atomic E-state index is 0.243. The number of aliphatic hydroxyl groups is 2. The van der Waals surface area contributed by atoms with Crippen LogP contribution in [0.4, 0.5) is 0 Å². The number of nitrogens with zero attached hydrogens (tertiary/aromatic N) is 1. The number of ether oxygens (including phenoxy) is 1. The van der Waals surface area contributed by atoms with Crippen molar-refractivity contribution in [3.8, 4) is 0 Å². The molecular formula is C9H12N2O4S. The molecule has 7 heteroatoms. The van der Waals surface area contributed by atoms with Crippen LogP contribution in [0.3, 0.4) is 0 Å². The first kappa shape index (κ1) is 11.5. The quantitative estimate of drug-likeness (QED) is 0.613. The number of aromatic amines is 1. The van der Waals surface area contributed by atoms with Crippen molar-refractivity contribution in [3.05, 3.63) is 27.4 Å². The number of hydrogen-bond donors (Lipinski definition) is 3. The first-order valence-corrected chi connectivity index (χ1v) is 5.29. The lowest BCUT2D eigenvalue weighted by Gasteiger charge is -2.14. The molecule has 1 aromatic rings. The van der Waals surface area contributed by atoms with E-state index in [0.717, 1.165) is 0 Å². The van der Waals surface area contributed by atoms with Gasteiger partial charge in [-0.15, -0.1) is 0 Å². The molecule has 0 bridgehead atoms. The Bertz CT molecular complexity index is 455. The number of nitrogens with one attached hydrogen (secondary N) is 1. The van der Waals surface area contributed by atoms with Crippen LogP contribution in [0.1, 0.15) is 12.6 Å². The third-order valence-electron chi connectivity index (χ3n) is 2.56. The summed E-state index contributed by atoms with van der Waals surface area (Å²) in [5, 5.41) is 18.5. The molecular weight excluding hydrogens is 232 g/mol. The third kappa shape index (κ3) is 1.94. The van der Waals surface area contributed by atoms with Gasteiger partial charge in [0.1, 0.15) is 17.0 Å². The van der Waals surface area contributed by atoms with Crippen molar-refractivity contribution in [3.63, 3.8) is 0 Å². The van der Waals surface area contributed by atoms with E-state index in [1.54, 1.807) is 6.07 Å². The van der Waals surface area contributed by atoms with E-state index >= 15 is 0 Å². The average Bonchev–Trinajstić information content (AvgIpc) is 2.59. The van der Waals surface area contributed by atoms with Gasteiger partial charge in [0.05, 0.1) is 12.7 Å². The lowest BCUT2D eigenvalue weighted by atomic mass is 10.2. The Morgan fingerprint density at radius 2 is 2.44 bits per heavy atom.